The number of hydrogen-bond acceptors (Lipinski definition) is 5. The van der Waals surface area contributed by atoms with Gasteiger partial charge in [-0.05, 0) is 83.5 Å². The van der Waals surface area contributed by atoms with Gasteiger partial charge in [0.15, 0.2) is 0 Å². The van der Waals surface area contributed by atoms with E-state index >= 15 is 0 Å². The number of aliphatic hydroxyl groups excluding tert-OH is 2. The van der Waals surface area contributed by atoms with Crippen molar-refractivity contribution in [2.75, 3.05) is 13.2 Å². The van der Waals surface area contributed by atoms with Gasteiger partial charge in [0.25, 0.3) is 0 Å². The number of hydrogen-bond donors (Lipinski definition) is 3. The van der Waals surface area contributed by atoms with E-state index in [1.54, 1.807) is 0 Å². The number of carbonyl (C=O) groups excluding carboxylic acids is 2. The Kier molecular flexibility index (Phi) is 79.8. The summed E-state index contributed by atoms with van der Waals surface area (Å²) in [5.74, 6) is -0.0151. The summed E-state index contributed by atoms with van der Waals surface area (Å²) in [5.41, 5.74) is 0. The number of amides is 1. The van der Waals surface area contributed by atoms with Gasteiger partial charge in [-0.15, -0.1) is 0 Å². The van der Waals surface area contributed by atoms with Crippen molar-refractivity contribution in [3.63, 3.8) is 0 Å². The van der Waals surface area contributed by atoms with Crippen molar-refractivity contribution < 1.29 is 24.5 Å². The van der Waals surface area contributed by atoms with Crippen molar-refractivity contribution in [2.45, 2.75) is 488 Å². The molecule has 2 atom stereocenters. The maximum atomic E-state index is 12.6. The Balaban J connectivity index is 3.37. The minimum absolute atomic E-state index is 0.0123. The molecule has 0 aliphatic heterocycles. The SMILES string of the molecule is CCCCCCCCC/C=C\CCCCCCCCCC(=O)OCCCCCCCCCCC/C=C\C/C=C\CCCCCCCCCCCCCCCCCCCC(=O)NC(CO)C(O)CCCCCCCCCCCCCCCCCCCCCCCCCC. The zero-order valence-electron chi connectivity index (χ0n) is 62.6. The topological polar surface area (TPSA) is 95.9 Å². The van der Waals surface area contributed by atoms with Crippen LogP contribution in [-0.4, -0.2) is 47.4 Å². The molecule has 3 N–H and O–H groups in total. The van der Waals surface area contributed by atoms with E-state index in [-0.39, 0.29) is 18.5 Å². The summed E-state index contributed by atoms with van der Waals surface area (Å²) in [7, 11) is 0. The van der Waals surface area contributed by atoms with Crippen LogP contribution in [0.3, 0.4) is 0 Å². The largest absolute Gasteiger partial charge is 0.466 e. The first kappa shape index (κ1) is 90.1. The molecule has 0 bridgehead atoms. The molecule has 0 aromatic rings. The quantitative estimate of drug-likeness (QED) is 0.0320. The second kappa shape index (κ2) is 81.5. The molecule has 0 aromatic heterocycles. The lowest BCUT2D eigenvalue weighted by atomic mass is 10.0. The van der Waals surface area contributed by atoms with Crippen molar-refractivity contribution >= 4 is 11.9 Å². The third-order valence-electron chi connectivity index (χ3n) is 19.9. The summed E-state index contributed by atoms with van der Waals surface area (Å²) in [6.07, 6.45) is 107. The van der Waals surface area contributed by atoms with Gasteiger partial charge in [-0.25, -0.2) is 0 Å². The van der Waals surface area contributed by atoms with E-state index in [1.165, 1.54) is 392 Å². The monoisotopic (exact) mass is 1290 g/mol. The Bertz CT molecular complexity index is 1490. The summed E-state index contributed by atoms with van der Waals surface area (Å²) in [4.78, 5) is 24.7. The molecule has 6 nitrogen and oxygen atoms in total. The van der Waals surface area contributed by atoms with Crippen LogP contribution in [0.5, 0.6) is 0 Å². The van der Waals surface area contributed by atoms with Crippen LogP contribution in [0.15, 0.2) is 36.5 Å². The number of rotatable bonds is 80. The standard InChI is InChI=1S/C86H165NO5/c1-3-5-7-9-11-13-15-17-19-21-23-24-25-37-40-43-46-50-54-58-62-66-70-74-78-84(89)83(82-88)87-85(90)79-75-71-67-63-59-55-51-47-44-41-38-35-33-31-29-27-26-28-30-32-34-36-39-42-45-49-53-57-61-65-69-73-77-81-92-86(91)80-76-72-68-64-60-56-52-48-22-20-18-16-14-12-10-8-6-4-2/h20,22,30,32,36,39,83-84,88-89H,3-19,21,23-29,31,33-35,37-38,40-82H2,1-2H3,(H,87,90)/b22-20-,32-30-,39-36-. The van der Waals surface area contributed by atoms with Gasteiger partial charge in [-0.1, -0.05) is 416 Å². The summed E-state index contributed by atoms with van der Waals surface area (Å²) >= 11 is 0. The Labute approximate surface area is 576 Å². The summed E-state index contributed by atoms with van der Waals surface area (Å²) in [6.45, 7) is 5.00. The second-order valence-corrected chi connectivity index (χ2v) is 29.2. The Morgan fingerprint density at radius 3 is 0.837 bits per heavy atom. The predicted molar refractivity (Wildman–Crippen MR) is 407 cm³/mol. The molecule has 1 amide bonds. The van der Waals surface area contributed by atoms with Crippen LogP contribution in [0, 0.1) is 0 Å². The van der Waals surface area contributed by atoms with Crippen LogP contribution in [0.25, 0.3) is 0 Å². The molecule has 0 saturated heterocycles. The van der Waals surface area contributed by atoms with Crippen LogP contribution < -0.4 is 5.32 Å². The molecule has 0 fully saturated rings. The summed E-state index contributed by atoms with van der Waals surface area (Å²) in [5, 5.41) is 23.5. The highest BCUT2D eigenvalue weighted by Gasteiger charge is 2.20. The molecule has 6 heteroatoms. The highest BCUT2D eigenvalue weighted by molar-refractivity contribution is 5.76. The van der Waals surface area contributed by atoms with Gasteiger partial charge in [0, 0.05) is 12.8 Å². The molecule has 0 aliphatic rings. The minimum atomic E-state index is -0.665. The van der Waals surface area contributed by atoms with Crippen LogP contribution in [0.2, 0.25) is 0 Å². The number of nitrogens with one attached hydrogen (secondary N) is 1. The maximum Gasteiger partial charge on any atom is 0.305 e. The lowest BCUT2D eigenvalue weighted by molar-refractivity contribution is -0.143. The molecule has 92 heavy (non-hydrogen) atoms. The van der Waals surface area contributed by atoms with Gasteiger partial charge >= 0.3 is 5.97 Å². The molecule has 0 rings (SSSR count). The first-order valence-electron chi connectivity index (χ1n) is 42.2. The van der Waals surface area contributed by atoms with Crippen LogP contribution in [0.4, 0.5) is 0 Å². The molecular weight excluding hydrogens is 1130 g/mol. The fourth-order valence-corrected chi connectivity index (χ4v) is 13.5. The van der Waals surface area contributed by atoms with E-state index in [0.29, 0.717) is 25.9 Å². The Morgan fingerprint density at radius 1 is 0.304 bits per heavy atom. The van der Waals surface area contributed by atoms with E-state index in [4.69, 9.17) is 4.74 Å². The third kappa shape index (κ3) is 77.1. The number of aliphatic hydroxyl groups is 2. The lowest BCUT2D eigenvalue weighted by Crippen LogP contribution is -2.45. The average Bonchev–Trinajstić information content (AvgIpc) is 3.77. The number of esters is 1. The van der Waals surface area contributed by atoms with Gasteiger partial charge in [0.1, 0.15) is 0 Å². The molecule has 0 radical (unpaired) electrons. The van der Waals surface area contributed by atoms with E-state index < -0.39 is 12.1 Å². The number of carbonyl (C=O) groups is 2. The van der Waals surface area contributed by atoms with Gasteiger partial charge in [-0.3, -0.25) is 9.59 Å². The molecule has 0 spiro atoms. The summed E-state index contributed by atoms with van der Waals surface area (Å²) < 4.78 is 5.51. The van der Waals surface area contributed by atoms with Crippen molar-refractivity contribution in [3.05, 3.63) is 36.5 Å². The third-order valence-corrected chi connectivity index (χ3v) is 19.9. The normalized spacial score (nSPS) is 12.6. The van der Waals surface area contributed by atoms with Gasteiger partial charge in [0.2, 0.25) is 5.91 Å². The Hall–Kier alpha value is -1.92. The number of unbranched alkanes of at least 4 members (excludes halogenated alkanes) is 63. The predicted octanol–water partition coefficient (Wildman–Crippen LogP) is 28.2. The number of allylic oxidation sites excluding steroid dienone is 6. The first-order valence-corrected chi connectivity index (χ1v) is 42.2. The van der Waals surface area contributed by atoms with Crippen molar-refractivity contribution in [1.82, 2.24) is 5.32 Å². The van der Waals surface area contributed by atoms with E-state index in [2.05, 4.69) is 55.6 Å². The van der Waals surface area contributed by atoms with Gasteiger partial charge < -0.3 is 20.3 Å². The summed E-state index contributed by atoms with van der Waals surface area (Å²) in [6, 6.07) is -0.542. The number of ether oxygens (including phenoxy) is 1. The first-order chi connectivity index (χ1) is 45.5. The van der Waals surface area contributed by atoms with E-state index in [9.17, 15) is 19.8 Å². The second-order valence-electron chi connectivity index (χ2n) is 29.2. The molecule has 2 unspecified atom stereocenters. The molecule has 0 aromatic carbocycles. The van der Waals surface area contributed by atoms with E-state index in [0.717, 1.165) is 51.4 Å². The molecular formula is C86H165NO5. The maximum absolute atomic E-state index is 12.6. The molecule has 0 saturated carbocycles. The zero-order valence-corrected chi connectivity index (χ0v) is 62.6. The molecule has 0 heterocycles. The van der Waals surface area contributed by atoms with Crippen molar-refractivity contribution in [1.29, 1.82) is 0 Å². The highest BCUT2D eigenvalue weighted by atomic mass is 16.5. The van der Waals surface area contributed by atoms with Crippen molar-refractivity contribution in [3.8, 4) is 0 Å². The van der Waals surface area contributed by atoms with Crippen LogP contribution in [-0.2, 0) is 14.3 Å². The van der Waals surface area contributed by atoms with Crippen molar-refractivity contribution in [2.24, 2.45) is 0 Å². The molecule has 544 valence electrons. The van der Waals surface area contributed by atoms with Gasteiger partial charge in [-0.2, -0.15) is 0 Å². The van der Waals surface area contributed by atoms with Crippen LogP contribution in [0.1, 0.15) is 476 Å². The highest BCUT2D eigenvalue weighted by Crippen LogP contribution is 2.20. The van der Waals surface area contributed by atoms with E-state index in [1.807, 2.05) is 0 Å². The van der Waals surface area contributed by atoms with Crippen LogP contribution >= 0.6 is 0 Å². The zero-order chi connectivity index (χ0) is 66.3. The average molecular weight is 1290 g/mol. The fraction of sp³-hybridized carbons (Fsp3) is 0.907. The smallest absolute Gasteiger partial charge is 0.305 e. The molecule has 0 aliphatic carbocycles. The minimum Gasteiger partial charge on any atom is -0.466 e. The Morgan fingerprint density at radius 2 is 0.543 bits per heavy atom. The fourth-order valence-electron chi connectivity index (χ4n) is 13.5. The van der Waals surface area contributed by atoms with Gasteiger partial charge in [0.05, 0.1) is 25.4 Å². The lowest BCUT2D eigenvalue weighted by Gasteiger charge is -2.22.